The van der Waals surface area contributed by atoms with Gasteiger partial charge in [-0.1, -0.05) is 23.2 Å². The fourth-order valence-electron chi connectivity index (χ4n) is 2.49. The Morgan fingerprint density at radius 1 is 1.07 bits per heavy atom. The lowest BCUT2D eigenvalue weighted by Crippen LogP contribution is -2.13. The smallest absolute Gasteiger partial charge is 0.411 e. The number of nitrogens with zero attached hydrogens (tertiary/aromatic N) is 1. The van der Waals surface area contributed by atoms with Crippen molar-refractivity contribution in [1.82, 2.24) is 4.98 Å². The molecule has 3 aromatic rings. The van der Waals surface area contributed by atoms with Crippen LogP contribution in [0, 0.1) is 0 Å². The summed E-state index contributed by atoms with van der Waals surface area (Å²) >= 11 is 12.1. The summed E-state index contributed by atoms with van der Waals surface area (Å²) in [6, 6.07) is 11.8. The van der Waals surface area contributed by atoms with Crippen LogP contribution < -0.4 is 10.6 Å². The van der Waals surface area contributed by atoms with Crippen molar-refractivity contribution >= 4 is 46.6 Å². The summed E-state index contributed by atoms with van der Waals surface area (Å²) in [6.45, 7) is 0. The van der Waals surface area contributed by atoms with Gasteiger partial charge in [0.1, 0.15) is 0 Å². The molecular weight excluding hydrogens is 417 g/mol. The van der Waals surface area contributed by atoms with E-state index in [1.807, 2.05) is 0 Å². The van der Waals surface area contributed by atoms with E-state index in [1.165, 1.54) is 7.11 Å². The number of aromatic nitrogens is 1. The molecule has 1 aromatic heterocycles. The highest BCUT2D eigenvalue weighted by Gasteiger charge is 2.12. The third-order valence-corrected chi connectivity index (χ3v) is 4.46. The number of hydrogen-bond donors (Lipinski definition) is 2. The normalized spacial score (nSPS) is 10.4. The van der Waals surface area contributed by atoms with Crippen LogP contribution >= 0.6 is 23.2 Å². The van der Waals surface area contributed by atoms with Crippen molar-refractivity contribution in [3.8, 4) is 11.3 Å². The summed E-state index contributed by atoms with van der Waals surface area (Å²) in [5.41, 5.74) is 1.84. The van der Waals surface area contributed by atoms with Gasteiger partial charge in [-0.05, 0) is 42.5 Å². The summed E-state index contributed by atoms with van der Waals surface area (Å²) in [5.74, 6) is 0.748. The number of aryl methyl sites for hydroxylation is 1. The predicted molar refractivity (Wildman–Crippen MR) is 111 cm³/mol. The van der Waals surface area contributed by atoms with Crippen LogP contribution in [0.25, 0.3) is 11.3 Å². The van der Waals surface area contributed by atoms with Crippen LogP contribution in [0.3, 0.4) is 0 Å². The van der Waals surface area contributed by atoms with Crippen molar-refractivity contribution in [3.63, 3.8) is 0 Å². The maximum absolute atomic E-state index is 12.2. The lowest BCUT2D eigenvalue weighted by Gasteiger charge is -2.07. The molecular formula is C20H17Cl2N3O4. The number of nitrogens with one attached hydrogen (secondary N) is 2. The molecule has 0 unspecified atom stereocenters. The zero-order valence-electron chi connectivity index (χ0n) is 15.4. The van der Waals surface area contributed by atoms with E-state index in [0.29, 0.717) is 45.1 Å². The largest absolute Gasteiger partial charge is 0.453 e. The van der Waals surface area contributed by atoms with Crippen LogP contribution in [0.1, 0.15) is 12.3 Å². The molecule has 0 atom stereocenters. The number of benzene rings is 2. The first-order valence-electron chi connectivity index (χ1n) is 8.59. The number of methoxy groups -OCH3 is 1. The van der Waals surface area contributed by atoms with Gasteiger partial charge in [0.05, 0.1) is 18.3 Å². The lowest BCUT2D eigenvalue weighted by molar-refractivity contribution is -0.116. The van der Waals surface area contributed by atoms with Crippen LogP contribution in [0.2, 0.25) is 10.0 Å². The highest BCUT2D eigenvalue weighted by atomic mass is 35.5. The van der Waals surface area contributed by atoms with E-state index in [0.717, 1.165) is 0 Å². The number of carbonyl (C=O) groups excluding carboxylic acids is 2. The minimum Gasteiger partial charge on any atom is -0.453 e. The molecule has 9 heteroatoms. The molecule has 3 rings (SSSR count). The molecule has 2 amide bonds. The second-order valence-corrected chi connectivity index (χ2v) is 6.83. The highest BCUT2D eigenvalue weighted by Crippen LogP contribution is 2.30. The van der Waals surface area contributed by atoms with E-state index in [-0.39, 0.29) is 12.3 Å². The van der Waals surface area contributed by atoms with E-state index in [2.05, 4.69) is 20.4 Å². The van der Waals surface area contributed by atoms with Crippen LogP contribution in [-0.2, 0) is 16.0 Å². The SMILES string of the molecule is COC(=O)Nc1ccc(NC(=O)CCc2ncc(-c3ccc(Cl)cc3Cl)o2)cc1. The molecule has 0 radical (unpaired) electrons. The molecule has 1 heterocycles. The molecule has 0 aliphatic heterocycles. The number of ether oxygens (including phenoxy) is 1. The summed E-state index contributed by atoms with van der Waals surface area (Å²) < 4.78 is 10.2. The number of halogens is 2. The van der Waals surface area contributed by atoms with Crippen molar-refractivity contribution in [2.24, 2.45) is 0 Å². The molecule has 0 spiro atoms. The van der Waals surface area contributed by atoms with Crippen molar-refractivity contribution in [2.45, 2.75) is 12.8 Å². The number of carbonyl (C=O) groups is 2. The molecule has 2 aromatic carbocycles. The van der Waals surface area contributed by atoms with E-state index in [9.17, 15) is 9.59 Å². The van der Waals surface area contributed by atoms with Crippen LogP contribution in [0.15, 0.2) is 53.1 Å². The fourth-order valence-corrected chi connectivity index (χ4v) is 2.99. The Morgan fingerprint density at radius 3 is 2.41 bits per heavy atom. The van der Waals surface area contributed by atoms with Gasteiger partial charge in [-0.2, -0.15) is 0 Å². The minimum absolute atomic E-state index is 0.191. The van der Waals surface area contributed by atoms with Gasteiger partial charge in [-0.25, -0.2) is 9.78 Å². The third kappa shape index (κ3) is 5.73. The zero-order chi connectivity index (χ0) is 20.8. The molecule has 0 fully saturated rings. The topological polar surface area (TPSA) is 93.5 Å². The Hall–Kier alpha value is -3.03. The Bertz CT molecular complexity index is 1020. The lowest BCUT2D eigenvalue weighted by atomic mass is 10.2. The van der Waals surface area contributed by atoms with Crippen LogP contribution in [0.5, 0.6) is 0 Å². The van der Waals surface area contributed by atoms with E-state index in [1.54, 1.807) is 48.7 Å². The second kappa shape index (κ2) is 9.45. The fraction of sp³-hybridized carbons (Fsp3) is 0.150. The van der Waals surface area contributed by atoms with E-state index in [4.69, 9.17) is 27.6 Å². The summed E-state index contributed by atoms with van der Waals surface area (Å²) in [6.07, 6.45) is 1.53. The van der Waals surface area contributed by atoms with Crippen molar-refractivity contribution in [2.75, 3.05) is 17.7 Å². The average Bonchev–Trinajstić information content (AvgIpc) is 3.16. The van der Waals surface area contributed by atoms with Crippen molar-refractivity contribution < 1.29 is 18.7 Å². The van der Waals surface area contributed by atoms with Gasteiger partial charge in [0.15, 0.2) is 11.7 Å². The van der Waals surface area contributed by atoms with Gasteiger partial charge in [0.25, 0.3) is 0 Å². The molecule has 0 aliphatic carbocycles. The number of rotatable bonds is 6. The Morgan fingerprint density at radius 2 is 1.76 bits per heavy atom. The quantitative estimate of drug-likeness (QED) is 0.542. The van der Waals surface area contributed by atoms with Gasteiger partial charge in [-0.15, -0.1) is 0 Å². The monoisotopic (exact) mass is 433 g/mol. The van der Waals surface area contributed by atoms with Gasteiger partial charge in [0, 0.05) is 34.8 Å². The molecule has 150 valence electrons. The highest BCUT2D eigenvalue weighted by molar-refractivity contribution is 6.36. The van der Waals surface area contributed by atoms with Gasteiger partial charge in [-0.3, -0.25) is 10.1 Å². The molecule has 0 bridgehead atoms. The maximum atomic E-state index is 12.2. The first kappa shape index (κ1) is 20.7. The summed E-state index contributed by atoms with van der Waals surface area (Å²) in [4.78, 5) is 27.5. The number of oxazole rings is 1. The zero-order valence-corrected chi connectivity index (χ0v) is 16.9. The van der Waals surface area contributed by atoms with Crippen molar-refractivity contribution in [3.05, 3.63) is 64.6 Å². The van der Waals surface area contributed by atoms with E-state index < -0.39 is 6.09 Å². The standard InChI is InChI=1S/C20H17Cl2N3O4/c1-28-20(27)25-14-5-3-13(4-6-14)24-18(26)8-9-19-23-11-17(29-19)15-7-2-12(21)10-16(15)22/h2-7,10-11H,8-9H2,1H3,(H,24,26)(H,25,27). The Balaban J connectivity index is 1.53. The van der Waals surface area contributed by atoms with Crippen LogP contribution in [-0.4, -0.2) is 24.1 Å². The summed E-state index contributed by atoms with van der Waals surface area (Å²) in [5, 5.41) is 6.30. The first-order chi connectivity index (χ1) is 13.9. The van der Waals surface area contributed by atoms with Gasteiger partial charge >= 0.3 is 6.09 Å². The molecule has 0 saturated heterocycles. The average molecular weight is 434 g/mol. The van der Waals surface area contributed by atoms with Crippen molar-refractivity contribution in [1.29, 1.82) is 0 Å². The number of amides is 2. The number of hydrogen-bond acceptors (Lipinski definition) is 5. The molecule has 0 aliphatic rings. The Kier molecular flexibility index (Phi) is 6.74. The maximum Gasteiger partial charge on any atom is 0.411 e. The minimum atomic E-state index is -0.563. The molecule has 0 saturated carbocycles. The van der Waals surface area contributed by atoms with Crippen LogP contribution in [0.4, 0.5) is 16.2 Å². The van der Waals surface area contributed by atoms with E-state index >= 15 is 0 Å². The number of anilines is 2. The Labute approximate surface area is 177 Å². The third-order valence-electron chi connectivity index (χ3n) is 3.92. The molecule has 29 heavy (non-hydrogen) atoms. The molecule has 7 nitrogen and oxygen atoms in total. The summed E-state index contributed by atoms with van der Waals surface area (Å²) in [7, 11) is 1.28. The first-order valence-corrected chi connectivity index (χ1v) is 9.35. The predicted octanol–water partition coefficient (Wildman–Crippen LogP) is 5.40. The second-order valence-electron chi connectivity index (χ2n) is 5.98. The van der Waals surface area contributed by atoms with Gasteiger partial charge in [0.2, 0.25) is 5.91 Å². The molecule has 2 N–H and O–H groups in total. The van der Waals surface area contributed by atoms with Gasteiger partial charge < -0.3 is 14.5 Å².